The Morgan fingerprint density at radius 2 is 1.73 bits per heavy atom. The Bertz CT molecular complexity index is 1060. The summed E-state index contributed by atoms with van der Waals surface area (Å²) in [5.74, 6) is -0.941. The summed E-state index contributed by atoms with van der Waals surface area (Å²) in [4.78, 5) is 29.0. The summed E-state index contributed by atoms with van der Waals surface area (Å²) < 4.78 is 2.82. The van der Waals surface area contributed by atoms with E-state index in [9.17, 15) is 14.8 Å². The molecule has 0 spiro atoms. The summed E-state index contributed by atoms with van der Waals surface area (Å²) in [6.07, 6.45) is 5.09. The SMILES string of the molecule is CCC(C(=O)O)(c1ccccc1Nc1c(Cl)cccc1Cl)N(CCN(C)C)CC1(SN=O)CCCCC1. The molecule has 2 aromatic carbocycles. The molecule has 0 aromatic heterocycles. The molecule has 1 fully saturated rings. The topological polar surface area (TPSA) is 85.2 Å². The van der Waals surface area contributed by atoms with Crippen LogP contribution in [0.4, 0.5) is 11.4 Å². The van der Waals surface area contributed by atoms with E-state index in [-0.39, 0.29) is 0 Å². The van der Waals surface area contributed by atoms with Crippen molar-refractivity contribution >= 4 is 52.5 Å². The third-order valence-electron chi connectivity index (χ3n) is 7.29. The van der Waals surface area contributed by atoms with Crippen molar-refractivity contribution in [1.29, 1.82) is 0 Å². The summed E-state index contributed by atoms with van der Waals surface area (Å²) in [7, 11) is 3.94. The van der Waals surface area contributed by atoms with Gasteiger partial charge in [0.15, 0.2) is 0 Å². The number of nitrogens with one attached hydrogen (secondary N) is 1. The lowest BCUT2D eigenvalue weighted by molar-refractivity contribution is -0.153. The molecule has 7 nitrogen and oxygen atoms in total. The van der Waals surface area contributed by atoms with E-state index in [0.29, 0.717) is 53.0 Å². The van der Waals surface area contributed by atoms with E-state index in [0.717, 1.165) is 44.1 Å². The van der Waals surface area contributed by atoms with Gasteiger partial charge in [-0.15, -0.1) is 4.91 Å². The number of halogens is 2. The largest absolute Gasteiger partial charge is 0.480 e. The van der Waals surface area contributed by atoms with Gasteiger partial charge in [-0.05, 0) is 51.6 Å². The van der Waals surface area contributed by atoms with Gasteiger partial charge < -0.3 is 15.3 Å². The number of hydrogen-bond acceptors (Lipinski definition) is 7. The summed E-state index contributed by atoms with van der Waals surface area (Å²) in [6.45, 7) is 3.51. The van der Waals surface area contributed by atoms with Crippen molar-refractivity contribution in [3.05, 3.63) is 63.0 Å². The van der Waals surface area contributed by atoms with E-state index in [1.165, 1.54) is 0 Å². The number of rotatable bonds is 13. The molecule has 1 aliphatic rings. The standard InChI is InChI=1S/C27H36Cl2N4O3S/c1-4-27(25(34)35,20-11-6-7-14-23(20)30-24-21(28)12-10-13-22(24)29)33(18-17-32(2)3)19-26(37-31-36)15-8-5-9-16-26/h6-7,10-14,30H,4-5,8-9,15-19H2,1-3H3,(H,34,35). The zero-order valence-corrected chi connectivity index (χ0v) is 24.0. The molecular formula is C27H36Cl2N4O3S. The van der Waals surface area contributed by atoms with Gasteiger partial charge in [-0.3, -0.25) is 4.90 Å². The number of likely N-dealkylation sites (N-methyl/N-ethyl adjacent to an activating group) is 1. The molecule has 0 radical (unpaired) electrons. The normalized spacial score (nSPS) is 16.9. The van der Waals surface area contributed by atoms with E-state index >= 15 is 0 Å². The zero-order chi connectivity index (χ0) is 27.1. The van der Waals surface area contributed by atoms with Crippen LogP contribution >= 0.6 is 35.1 Å². The lowest BCUT2D eigenvalue weighted by atomic mass is 9.81. The van der Waals surface area contributed by atoms with Crippen molar-refractivity contribution in [2.75, 3.05) is 39.0 Å². The third kappa shape index (κ3) is 6.79. The lowest BCUT2D eigenvalue weighted by Gasteiger charge is -2.47. The molecule has 1 aliphatic carbocycles. The Kier molecular flexibility index (Phi) is 10.7. The van der Waals surface area contributed by atoms with E-state index in [4.69, 9.17) is 23.2 Å². The molecular weight excluding hydrogens is 531 g/mol. The predicted octanol–water partition coefficient (Wildman–Crippen LogP) is 7.41. The number of para-hydroxylation sites is 2. The maximum absolute atomic E-state index is 13.4. The third-order valence-corrected chi connectivity index (χ3v) is 8.92. The number of aliphatic carboxylic acids is 1. The van der Waals surface area contributed by atoms with Gasteiger partial charge in [0, 0.05) is 47.4 Å². The number of anilines is 2. The average molecular weight is 568 g/mol. The van der Waals surface area contributed by atoms with Crippen LogP contribution in [0.1, 0.15) is 51.0 Å². The van der Waals surface area contributed by atoms with E-state index in [1.54, 1.807) is 18.2 Å². The number of carboxylic acid groups (broad SMARTS) is 1. The molecule has 3 rings (SSSR count). The van der Waals surface area contributed by atoms with Gasteiger partial charge in [0.2, 0.25) is 0 Å². The highest BCUT2D eigenvalue weighted by atomic mass is 35.5. The quantitative estimate of drug-likeness (QED) is 0.193. The van der Waals surface area contributed by atoms with Gasteiger partial charge >= 0.3 is 5.97 Å². The average Bonchev–Trinajstić information content (AvgIpc) is 2.86. The predicted molar refractivity (Wildman–Crippen MR) is 155 cm³/mol. The van der Waals surface area contributed by atoms with Crippen molar-refractivity contribution in [3.63, 3.8) is 0 Å². The minimum Gasteiger partial charge on any atom is -0.480 e. The first kappa shape index (κ1) is 29.7. The first-order valence-corrected chi connectivity index (χ1v) is 14.2. The van der Waals surface area contributed by atoms with Crippen LogP contribution < -0.4 is 5.32 Å². The second-order valence-corrected chi connectivity index (χ2v) is 11.9. The first-order chi connectivity index (χ1) is 17.7. The molecule has 37 heavy (non-hydrogen) atoms. The summed E-state index contributed by atoms with van der Waals surface area (Å²) >= 11 is 14.0. The van der Waals surface area contributed by atoms with Crippen LogP contribution in [0.3, 0.4) is 0 Å². The molecule has 10 heteroatoms. The van der Waals surface area contributed by atoms with Crippen molar-refractivity contribution < 1.29 is 9.90 Å². The monoisotopic (exact) mass is 566 g/mol. The maximum atomic E-state index is 13.4. The number of carbonyl (C=O) groups is 1. The van der Waals surface area contributed by atoms with E-state index in [1.807, 2.05) is 55.1 Å². The second kappa shape index (κ2) is 13.3. The van der Waals surface area contributed by atoms with Crippen molar-refractivity contribution in [2.45, 2.75) is 55.7 Å². The molecule has 1 unspecified atom stereocenters. The molecule has 0 heterocycles. The summed E-state index contributed by atoms with van der Waals surface area (Å²) in [5, 5.41) is 15.1. The fourth-order valence-corrected chi connectivity index (χ4v) is 6.65. The number of benzene rings is 2. The Balaban J connectivity index is 2.15. The Labute approximate surface area is 234 Å². The smallest absolute Gasteiger partial charge is 0.328 e. The molecule has 2 N–H and O–H groups in total. The minimum atomic E-state index is -1.36. The van der Waals surface area contributed by atoms with Crippen LogP contribution in [-0.2, 0) is 10.3 Å². The van der Waals surface area contributed by atoms with E-state index in [2.05, 4.69) is 9.90 Å². The van der Waals surface area contributed by atoms with Crippen LogP contribution in [0.5, 0.6) is 0 Å². The van der Waals surface area contributed by atoms with Crippen molar-refractivity contribution in [2.24, 2.45) is 4.58 Å². The first-order valence-electron chi connectivity index (χ1n) is 12.6. The molecule has 0 amide bonds. The van der Waals surface area contributed by atoms with Gasteiger partial charge in [-0.1, -0.05) is 73.7 Å². The van der Waals surface area contributed by atoms with Gasteiger partial charge in [-0.25, -0.2) is 4.79 Å². The highest BCUT2D eigenvalue weighted by Gasteiger charge is 2.49. The summed E-state index contributed by atoms with van der Waals surface area (Å²) in [5.41, 5.74) is 0.407. The van der Waals surface area contributed by atoms with Crippen LogP contribution in [0.15, 0.2) is 47.0 Å². The number of hydrogen-bond donors (Lipinski definition) is 2. The molecule has 0 aliphatic heterocycles. The molecule has 2 aromatic rings. The van der Waals surface area contributed by atoms with Gasteiger partial charge in [0.1, 0.15) is 5.54 Å². The van der Waals surface area contributed by atoms with Crippen molar-refractivity contribution in [1.82, 2.24) is 9.80 Å². The fraction of sp³-hybridized carbons (Fsp3) is 0.519. The van der Waals surface area contributed by atoms with E-state index < -0.39 is 16.3 Å². The molecule has 1 atom stereocenters. The van der Waals surface area contributed by atoms with Crippen LogP contribution in [0, 0.1) is 4.91 Å². The lowest BCUT2D eigenvalue weighted by Crippen LogP contribution is -2.58. The highest BCUT2D eigenvalue weighted by molar-refractivity contribution is 7.99. The summed E-state index contributed by atoms with van der Waals surface area (Å²) in [6, 6.07) is 12.7. The van der Waals surface area contributed by atoms with Gasteiger partial charge in [0.05, 0.1) is 20.5 Å². The number of carboxylic acids is 1. The Hall–Kier alpha value is -1.84. The minimum absolute atomic E-state index is 0.319. The highest BCUT2D eigenvalue weighted by Crippen LogP contribution is 2.46. The Morgan fingerprint density at radius 1 is 1.08 bits per heavy atom. The van der Waals surface area contributed by atoms with Gasteiger partial charge in [-0.2, -0.15) is 0 Å². The number of nitrogens with zero attached hydrogens (tertiary/aromatic N) is 3. The molecule has 1 saturated carbocycles. The van der Waals surface area contributed by atoms with Crippen LogP contribution in [0.25, 0.3) is 0 Å². The van der Waals surface area contributed by atoms with Crippen LogP contribution in [0.2, 0.25) is 10.0 Å². The fourth-order valence-electron chi connectivity index (χ4n) is 5.32. The number of nitroso groups, excluding NO2 is 1. The van der Waals surface area contributed by atoms with Gasteiger partial charge in [0.25, 0.3) is 0 Å². The second-order valence-electron chi connectivity index (χ2n) is 9.92. The Morgan fingerprint density at radius 3 is 2.30 bits per heavy atom. The van der Waals surface area contributed by atoms with Crippen molar-refractivity contribution in [3.8, 4) is 0 Å². The molecule has 0 saturated heterocycles. The zero-order valence-electron chi connectivity index (χ0n) is 21.7. The maximum Gasteiger partial charge on any atom is 0.328 e. The molecule has 202 valence electrons. The molecule has 0 bridgehead atoms. The van der Waals surface area contributed by atoms with Crippen LogP contribution in [-0.4, -0.2) is 59.4 Å².